The van der Waals surface area contributed by atoms with Crippen molar-refractivity contribution in [2.24, 2.45) is 11.8 Å². The number of sulfone groups is 1. The second-order valence-electron chi connectivity index (χ2n) is 7.60. The molecule has 1 saturated carbocycles. The molecule has 0 unspecified atom stereocenters. The van der Waals surface area contributed by atoms with Gasteiger partial charge in [0.2, 0.25) is 0 Å². The molecular weight excluding hydrogens is 336 g/mol. The highest BCUT2D eigenvalue weighted by atomic mass is 32.2. The molecule has 0 amide bonds. The number of thiophene rings is 1. The Bertz CT molecular complexity index is 766. The first-order chi connectivity index (χ1) is 11.4. The molecule has 132 valence electrons. The Hall–Kier alpha value is -0.870. The minimum Gasteiger partial charge on any atom is -0.229 e. The van der Waals surface area contributed by atoms with Gasteiger partial charge in [0.25, 0.3) is 0 Å². The summed E-state index contributed by atoms with van der Waals surface area (Å²) in [7, 11) is -2.88. The largest absolute Gasteiger partial charge is 0.229 e. The number of hydrogen-bond acceptors (Lipinski definition) is 3. The van der Waals surface area contributed by atoms with E-state index in [1.54, 1.807) is 25.2 Å². The highest BCUT2D eigenvalue weighted by Crippen LogP contribution is 2.33. The summed E-state index contributed by atoms with van der Waals surface area (Å²) in [5.41, 5.74) is 1.44. The van der Waals surface area contributed by atoms with E-state index in [0.29, 0.717) is 11.7 Å². The summed E-state index contributed by atoms with van der Waals surface area (Å²) in [5.74, 6) is 1.55. The Morgan fingerprint density at radius 3 is 2.50 bits per heavy atom. The first-order valence-corrected chi connectivity index (χ1v) is 11.7. The van der Waals surface area contributed by atoms with Crippen molar-refractivity contribution in [3.8, 4) is 0 Å². The predicted octanol–water partition coefficient (Wildman–Crippen LogP) is 5.46. The van der Waals surface area contributed by atoms with Gasteiger partial charge in [-0.15, -0.1) is 11.3 Å². The number of fused-ring (bicyclic) bond motifs is 1. The zero-order valence-corrected chi connectivity index (χ0v) is 16.3. The molecule has 0 N–H and O–H groups in total. The first kappa shape index (κ1) is 17.9. The lowest BCUT2D eigenvalue weighted by molar-refractivity contribution is 0.278. The van der Waals surface area contributed by atoms with Crippen molar-refractivity contribution < 1.29 is 8.42 Å². The summed E-state index contributed by atoms with van der Waals surface area (Å²) < 4.78 is 25.5. The fourth-order valence-corrected chi connectivity index (χ4v) is 5.90. The van der Waals surface area contributed by atoms with E-state index in [9.17, 15) is 8.42 Å². The molecule has 24 heavy (non-hydrogen) atoms. The maximum Gasteiger partial charge on any atom is 0.152 e. The van der Waals surface area contributed by atoms with Crippen LogP contribution in [-0.2, 0) is 16.3 Å². The Morgan fingerprint density at radius 2 is 1.79 bits per heavy atom. The van der Waals surface area contributed by atoms with Gasteiger partial charge in [-0.2, -0.15) is 0 Å². The Labute approximate surface area is 150 Å². The second-order valence-corrected chi connectivity index (χ2v) is 11.1. The molecule has 1 aromatic heterocycles. The Kier molecular flexibility index (Phi) is 5.66. The molecule has 1 aromatic carbocycles. The van der Waals surface area contributed by atoms with E-state index in [4.69, 9.17) is 0 Å². The fraction of sp³-hybridized carbons (Fsp3) is 0.600. The highest BCUT2D eigenvalue weighted by molar-refractivity contribution is 7.91. The number of aryl methyl sites for hydroxylation is 1. The minimum atomic E-state index is -2.88. The van der Waals surface area contributed by atoms with Gasteiger partial charge in [0.15, 0.2) is 9.84 Å². The van der Waals surface area contributed by atoms with Crippen molar-refractivity contribution in [1.82, 2.24) is 0 Å². The van der Waals surface area contributed by atoms with Gasteiger partial charge in [0.1, 0.15) is 0 Å². The van der Waals surface area contributed by atoms with Crippen molar-refractivity contribution in [2.45, 2.75) is 57.6 Å². The average molecular weight is 365 g/mol. The topological polar surface area (TPSA) is 34.1 Å². The molecule has 1 aliphatic rings. The second kappa shape index (κ2) is 7.57. The molecule has 0 saturated heterocycles. The monoisotopic (exact) mass is 364 g/mol. The zero-order valence-electron chi connectivity index (χ0n) is 14.7. The lowest BCUT2D eigenvalue weighted by atomic mass is 9.80. The average Bonchev–Trinajstić information content (AvgIpc) is 3.01. The van der Waals surface area contributed by atoms with Gasteiger partial charge in [0, 0.05) is 4.70 Å². The molecule has 0 aliphatic heterocycles. The van der Waals surface area contributed by atoms with Crippen molar-refractivity contribution in [1.29, 1.82) is 0 Å². The van der Waals surface area contributed by atoms with Crippen LogP contribution in [0.1, 0.15) is 51.5 Å². The third-order valence-corrected chi connectivity index (χ3v) is 8.78. The molecule has 1 fully saturated rings. The Balaban J connectivity index is 1.47. The molecule has 0 bridgehead atoms. The van der Waals surface area contributed by atoms with Gasteiger partial charge < -0.3 is 0 Å². The quantitative estimate of drug-likeness (QED) is 0.682. The van der Waals surface area contributed by atoms with E-state index in [2.05, 4.69) is 29.6 Å². The molecule has 1 heterocycles. The van der Waals surface area contributed by atoms with Crippen molar-refractivity contribution >= 4 is 31.3 Å². The predicted molar refractivity (Wildman–Crippen MR) is 105 cm³/mol. The minimum absolute atomic E-state index is 0.234. The van der Waals surface area contributed by atoms with Crippen LogP contribution < -0.4 is 0 Å². The number of hydrogen-bond donors (Lipinski definition) is 0. The lowest BCUT2D eigenvalue weighted by Gasteiger charge is -2.28. The summed E-state index contributed by atoms with van der Waals surface area (Å²) in [6.45, 7) is 3.59. The molecule has 0 radical (unpaired) electrons. The van der Waals surface area contributed by atoms with Gasteiger partial charge in [-0.25, -0.2) is 8.42 Å². The summed E-state index contributed by atoms with van der Waals surface area (Å²) in [4.78, 5) is 0. The van der Waals surface area contributed by atoms with Crippen LogP contribution in [0.3, 0.4) is 0 Å². The van der Waals surface area contributed by atoms with Gasteiger partial charge in [-0.3, -0.25) is 0 Å². The molecule has 4 heteroatoms. The highest BCUT2D eigenvalue weighted by Gasteiger charge is 2.27. The van der Waals surface area contributed by atoms with E-state index in [-0.39, 0.29) is 5.25 Å². The SMILES string of the molecule is CC(C)S(=O)(=O)CC1CCC(CCc2ccc3sccc3c2)CC1. The van der Waals surface area contributed by atoms with Crippen molar-refractivity contribution in [3.63, 3.8) is 0 Å². The van der Waals surface area contributed by atoms with E-state index < -0.39 is 9.84 Å². The third kappa shape index (κ3) is 4.40. The lowest BCUT2D eigenvalue weighted by Crippen LogP contribution is -2.26. The van der Waals surface area contributed by atoms with E-state index in [1.807, 2.05) is 0 Å². The summed E-state index contributed by atoms with van der Waals surface area (Å²) >= 11 is 1.80. The molecule has 2 aromatic rings. The summed E-state index contributed by atoms with van der Waals surface area (Å²) in [6, 6.07) is 9.03. The maximum atomic E-state index is 12.1. The van der Waals surface area contributed by atoms with Gasteiger partial charge in [-0.1, -0.05) is 25.0 Å². The van der Waals surface area contributed by atoms with Crippen LogP contribution >= 0.6 is 11.3 Å². The summed E-state index contributed by atoms with van der Waals surface area (Å²) in [5, 5.41) is 3.28. The number of benzene rings is 1. The number of rotatable bonds is 6. The molecule has 1 aliphatic carbocycles. The standard InChI is InChI=1S/C20H28O2S2/c1-15(2)24(21,22)14-18-7-4-16(5-8-18)3-6-17-9-10-20-19(13-17)11-12-23-20/h9-13,15-16,18H,3-8,14H2,1-2H3. The van der Waals surface area contributed by atoms with E-state index >= 15 is 0 Å². The summed E-state index contributed by atoms with van der Waals surface area (Å²) in [6.07, 6.45) is 6.93. The third-order valence-electron chi connectivity index (χ3n) is 5.51. The van der Waals surface area contributed by atoms with Crippen LogP contribution in [0.15, 0.2) is 29.6 Å². The Morgan fingerprint density at radius 1 is 1.08 bits per heavy atom. The fourth-order valence-electron chi connectivity index (χ4n) is 3.75. The van der Waals surface area contributed by atoms with Crippen LogP contribution in [0.4, 0.5) is 0 Å². The van der Waals surface area contributed by atoms with Crippen molar-refractivity contribution in [3.05, 3.63) is 35.2 Å². The molecule has 2 nitrogen and oxygen atoms in total. The first-order valence-electron chi connectivity index (χ1n) is 9.12. The van der Waals surface area contributed by atoms with Crippen LogP contribution in [-0.4, -0.2) is 19.4 Å². The van der Waals surface area contributed by atoms with Crippen LogP contribution in [0, 0.1) is 11.8 Å². The molecule has 0 atom stereocenters. The van der Waals surface area contributed by atoms with Crippen LogP contribution in [0.2, 0.25) is 0 Å². The van der Waals surface area contributed by atoms with Crippen LogP contribution in [0.25, 0.3) is 10.1 Å². The van der Waals surface area contributed by atoms with Gasteiger partial charge in [-0.05, 0) is 79.8 Å². The maximum absolute atomic E-state index is 12.1. The normalized spacial score (nSPS) is 22.3. The van der Waals surface area contributed by atoms with E-state index in [1.165, 1.54) is 34.9 Å². The molecule has 3 rings (SSSR count). The van der Waals surface area contributed by atoms with Crippen molar-refractivity contribution in [2.75, 3.05) is 5.75 Å². The van der Waals surface area contributed by atoms with Gasteiger partial charge >= 0.3 is 0 Å². The van der Waals surface area contributed by atoms with E-state index in [0.717, 1.165) is 25.2 Å². The van der Waals surface area contributed by atoms with Crippen LogP contribution in [0.5, 0.6) is 0 Å². The molecular formula is C20H28O2S2. The smallest absolute Gasteiger partial charge is 0.152 e. The zero-order chi connectivity index (χ0) is 17.2. The van der Waals surface area contributed by atoms with Gasteiger partial charge in [0.05, 0.1) is 11.0 Å². The molecule has 0 spiro atoms.